The number of esters is 1. The van der Waals surface area contributed by atoms with Crippen molar-refractivity contribution in [3.63, 3.8) is 0 Å². The fourth-order valence-corrected chi connectivity index (χ4v) is 1.49. The second-order valence-corrected chi connectivity index (χ2v) is 5.63. The third kappa shape index (κ3) is 6.53. The predicted octanol–water partition coefficient (Wildman–Crippen LogP) is 2.67. The molecule has 0 fully saturated rings. The molecule has 1 aromatic rings. The first-order valence-electron chi connectivity index (χ1n) is 6.44. The van der Waals surface area contributed by atoms with Crippen LogP contribution in [0.15, 0.2) is 17.1 Å². The van der Waals surface area contributed by atoms with Crippen molar-refractivity contribution in [3.8, 4) is 0 Å². The zero-order chi connectivity index (χ0) is 16.8. The predicted molar refractivity (Wildman–Crippen MR) is 83.6 cm³/mol. The number of carbonyl (C=O) groups excluding carboxylic acids is 2. The highest BCUT2D eigenvalue weighted by atomic mass is 35.5. The summed E-state index contributed by atoms with van der Waals surface area (Å²) < 4.78 is 9.63. The van der Waals surface area contributed by atoms with Crippen LogP contribution in [-0.4, -0.2) is 42.5 Å². The monoisotopic (exact) mass is 327 g/mol. The normalized spacial score (nSPS) is 11.3. The van der Waals surface area contributed by atoms with Gasteiger partial charge in [0.2, 0.25) is 0 Å². The smallest absolute Gasteiger partial charge is 0.412 e. The van der Waals surface area contributed by atoms with E-state index < -0.39 is 17.7 Å². The highest BCUT2D eigenvalue weighted by Gasteiger charge is 2.17. The van der Waals surface area contributed by atoms with E-state index >= 15 is 0 Å². The van der Waals surface area contributed by atoms with Gasteiger partial charge >= 0.3 is 12.1 Å². The van der Waals surface area contributed by atoms with Crippen molar-refractivity contribution in [2.45, 2.75) is 26.4 Å². The molecule has 1 heterocycles. The second-order valence-electron chi connectivity index (χ2n) is 5.24. The number of pyridine rings is 1. The molecule has 0 saturated carbocycles. The second kappa shape index (κ2) is 7.74. The first-order chi connectivity index (χ1) is 10.2. The Kier molecular flexibility index (Phi) is 6.30. The lowest BCUT2D eigenvalue weighted by Gasteiger charge is -2.20. The maximum atomic E-state index is 11.8. The van der Waals surface area contributed by atoms with Gasteiger partial charge in [-0.15, -0.1) is 0 Å². The van der Waals surface area contributed by atoms with Crippen LogP contribution in [0.2, 0.25) is 5.15 Å². The number of aromatic nitrogens is 1. The third-order valence-corrected chi connectivity index (χ3v) is 2.40. The summed E-state index contributed by atoms with van der Waals surface area (Å²) in [5, 5.41) is 2.79. The molecule has 1 N–H and O–H groups in total. The summed E-state index contributed by atoms with van der Waals surface area (Å²) in [6, 6.07) is 3.09. The number of nitrogens with zero attached hydrogens (tertiary/aromatic N) is 2. The maximum absolute atomic E-state index is 11.8. The quantitative estimate of drug-likeness (QED) is 0.521. The van der Waals surface area contributed by atoms with Gasteiger partial charge in [0.1, 0.15) is 23.0 Å². The standard InChI is InChI=1S/C14H18ClN3O4/c1-14(2,3)22-13(20)18-9-5-6-11(15)17-10(9)7-16-8-12(19)21-4/h5-7H,8H2,1-4H3,(H,18,20). The van der Waals surface area contributed by atoms with Gasteiger partial charge in [0.15, 0.2) is 0 Å². The van der Waals surface area contributed by atoms with E-state index in [1.54, 1.807) is 26.8 Å². The molecule has 0 aliphatic rings. The number of amides is 1. The lowest BCUT2D eigenvalue weighted by Crippen LogP contribution is -2.27. The molecule has 1 amide bonds. The Hall–Kier alpha value is -2.15. The number of anilines is 1. The van der Waals surface area contributed by atoms with Gasteiger partial charge in [-0.1, -0.05) is 11.6 Å². The lowest BCUT2D eigenvalue weighted by atomic mass is 10.2. The average Bonchev–Trinajstić information content (AvgIpc) is 2.39. The van der Waals surface area contributed by atoms with Gasteiger partial charge in [0.05, 0.1) is 12.8 Å². The fourth-order valence-electron chi connectivity index (χ4n) is 1.34. The molecule has 0 aliphatic heterocycles. The molecule has 0 unspecified atom stereocenters. The van der Waals surface area contributed by atoms with Crippen molar-refractivity contribution in [2.75, 3.05) is 19.0 Å². The van der Waals surface area contributed by atoms with Gasteiger partial charge in [-0.25, -0.2) is 9.78 Å². The zero-order valence-electron chi connectivity index (χ0n) is 12.8. The minimum absolute atomic E-state index is 0.156. The van der Waals surface area contributed by atoms with Crippen LogP contribution in [0.5, 0.6) is 0 Å². The van der Waals surface area contributed by atoms with Crippen LogP contribution in [0, 0.1) is 0 Å². The van der Waals surface area contributed by atoms with Crippen LogP contribution >= 0.6 is 11.6 Å². The fraction of sp³-hybridized carbons (Fsp3) is 0.429. The number of halogens is 1. The number of hydrogen-bond acceptors (Lipinski definition) is 6. The van der Waals surface area contributed by atoms with Gasteiger partial charge in [0.25, 0.3) is 0 Å². The van der Waals surface area contributed by atoms with E-state index in [4.69, 9.17) is 16.3 Å². The van der Waals surface area contributed by atoms with Crippen LogP contribution < -0.4 is 5.32 Å². The average molecular weight is 328 g/mol. The van der Waals surface area contributed by atoms with E-state index in [1.165, 1.54) is 19.4 Å². The minimum atomic E-state index is -0.626. The molecule has 0 saturated heterocycles. The van der Waals surface area contributed by atoms with Gasteiger partial charge in [0, 0.05) is 6.21 Å². The van der Waals surface area contributed by atoms with Gasteiger partial charge in [-0.2, -0.15) is 0 Å². The van der Waals surface area contributed by atoms with Crippen molar-refractivity contribution in [1.29, 1.82) is 0 Å². The minimum Gasteiger partial charge on any atom is -0.468 e. The van der Waals surface area contributed by atoms with Crippen LogP contribution in [0.1, 0.15) is 26.5 Å². The van der Waals surface area contributed by atoms with Crippen molar-refractivity contribution in [3.05, 3.63) is 23.0 Å². The molecule has 1 rings (SSSR count). The molecule has 8 heteroatoms. The lowest BCUT2D eigenvalue weighted by molar-refractivity contribution is -0.138. The van der Waals surface area contributed by atoms with Gasteiger partial charge in [-0.3, -0.25) is 15.1 Å². The summed E-state index contributed by atoms with van der Waals surface area (Å²) in [6.45, 7) is 5.11. The van der Waals surface area contributed by atoms with Crippen LogP contribution in [0.4, 0.5) is 10.5 Å². The Morgan fingerprint density at radius 2 is 2.09 bits per heavy atom. The summed E-state index contributed by atoms with van der Waals surface area (Å²) in [5.41, 5.74) is 0.0535. The van der Waals surface area contributed by atoms with Crippen LogP contribution in [0.3, 0.4) is 0 Å². The number of methoxy groups -OCH3 is 1. The first-order valence-corrected chi connectivity index (χ1v) is 6.82. The highest BCUT2D eigenvalue weighted by Crippen LogP contribution is 2.17. The van der Waals surface area contributed by atoms with Crippen molar-refractivity contribution < 1.29 is 19.1 Å². The largest absolute Gasteiger partial charge is 0.468 e. The molecule has 0 aromatic carbocycles. The van der Waals surface area contributed by atoms with E-state index in [1.807, 2.05) is 0 Å². The van der Waals surface area contributed by atoms with E-state index in [9.17, 15) is 9.59 Å². The SMILES string of the molecule is COC(=O)CN=Cc1nc(Cl)ccc1NC(=O)OC(C)(C)C. The Morgan fingerprint density at radius 1 is 1.41 bits per heavy atom. The summed E-state index contributed by atoms with van der Waals surface area (Å²) in [5.74, 6) is -0.486. The molecule has 0 spiro atoms. The van der Waals surface area contributed by atoms with Crippen molar-refractivity contribution >= 4 is 35.6 Å². The molecule has 1 aromatic heterocycles. The van der Waals surface area contributed by atoms with E-state index in [0.717, 1.165) is 0 Å². The molecule has 120 valence electrons. The molecule has 0 aliphatic carbocycles. The van der Waals surface area contributed by atoms with E-state index in [0.29, 0.717) is 11.4 Å². The Bertz CT molecular complexity index is 582. The molecule has 0 bridgehead atoms. The third-order valence-electron chi connectivity index (χ3n) is 2.19. The van der Waals surface area contributed by atoms with Crippen molar-refractivity contribution in [2.24, 2.45) is 4.99 Å². The molecule has 0 radical (unpaired) electrons. The molecule has 0 atom stereocenters. The molecule has 22 heavy (non-hydrogen) atoms. The molecular formula is C14H18ClN3O4. The van der Waals surface area contributed by atoms with Gasteiger partial charge in [-0.05, 0) is 32.9 Å². The van der Waals surface area contributed by atoms with Crippen LogP contribution in [0.25, 0.3) is 0 Å². The number of aliphatic imine (C=N–C) groups is 1. The number of ether oxygens (including phenoxy) is 2. The topological polar surface area (TPSA) is 89.9 Å². The summed E-state index contributed by atoms with van der Waals surface area (Å²) >= 11 is 5.82. The summed E-state index contributed by atoms with van der Waals surface area (Å²) in [6.07, 6.45) is 0.703. The van der Waals surface area contributed by atoms with Crippen molar-refractivity contribution in [1.82, 2.24) is 4.98 Å². The van der Waals surface area contributed by atoms with Gasteiger partial charge < -0.3 is 9.47 Å². The number of rotatable bonds is 4. The number of carbonyl (C=O) groups is 2. The summed E-state index contributed by atoms with van der Waals surface area (Å²) in [7, 11) is 1.27. The summed E-state index contributed by atoms with van der Waals surface area (Å²) in [4.78, 5) is 30.7. The Labute approximate surface area is 133 Å². The number of nitrogens with one attached hydrogen (secondary N) is 1. The number of hydrogen-bond donors (Lipinski definition) is 1. The highest BCUT2D eigenvalue weighted by molar-refractivity contribution is 6.29. The molecular weight excluding hydrogens is 310 g/mol. The van der Waals surface area contributed by atoms with E-state index in [2.05, 4.69) is 20.0 Å². The Morgan fingerprint density at radius 3 is 2.68 bits per heavy atom. The maximum Gasteiger partial charge on any atom is 0.412 e. The van der Waals surface area contributed by atoms with E-state index in [-0.39, 0.29) is 11.7 Å². The zero-order valence-corrected chi connectivity index (χ0v) is 13.6. The molecule has 7 nitrogen and oxygen atoms in total. The first kappa shape index (κ1) is 17.9. The van der Waals surface area contributed by atoms with Crippen LogP contribution in [-0.2, 0) is 14.3 Å². The Balaban J connectivity index is 2.86.